The largest absolute Gasteiger partial charge is 0.344 e. The summed E-state index contributed by atoms with van der Waals surface area (Å²) in [4.78, 5) is 42.6. The molecule has 1 spiro atoms. The van der Waals surface area contributed by atoms with Gasteiger partial charge in [-0.1, -0.05) is 59.7 Å². The standard InChI is InChI=1S/C29H23N3O3/c1-16-6-10-20(11-7-16)24-23(15-31)29(27(34)18(3)19(4)28(29)35)26(32(24)5)22(14-30)25(33)21-12-8-17(2)9-13-21/h6-13H,1-5H3. The van der Waals surface area contributed by atoms with E-state index in [-0.39, 0.29) is 33.6 Å². The summed E-state index contributed by atoms with van der Waals surface area (Å²) in [6.45, 7) is 6.87. The molecule has 0 amide bonds. The summed E-state index contributed by atoms with van der Waals surface area (Å²) in [6, 6.07) is 18.1. The van der Waals surface area contributed by atoms with Crippen molar-refractivity contribution in [2.75, 3.05) is 7.05 Å². The van der Waals surface area contributed by atoms with Crippen molar-refractivity contribution in [2.24, 2.45) is 5.41 Å². The van der Waals surface area contributed by atoms with E-state index in [1.807, 2.05) is 32.0 Å². The summed E-state index contributed by atoms with van der Waals surface area (Å²) >= 11 is 0. The first-order valence-electron chi connectivity index (χ1n) is 11.1. The molecule has 1 aliphatic heterocycles. The SMILES string of the molecule is CC1=C(C)C(=O)C2(C1=O)C(C#N)=C(c1ccc(C)cc1)N(C)C2=C(C#N)C(=O)c1ccc(C)cc1. The molecule has 35 heavy (non-hydrogen) atoms. The van der Waals surface area contributed by atoms with Crippen LogP contribution in [0.25, 0.3) is 5.70 Å². The molecule has 2 aromatic carbocycles. The summed E-state index contributed by atoms with van der Waals surface area (Å²) in [5, 5.41) is 20.5. The van der Waals surface area contributed by atoms with Crippen LogP contribution in [0.3, 0.4) is 0 Å². The number of hydrogen-bond donors (Lipinski definition) is 0. The third-order valence-electron chi connectivity index (χ3n) is 6.89. The molecule has 0 saturated carbocycles. The molecule has 1 aliphatic carbocycles. The molecule has 6 heteroatoms. The third kappa shape index (κ3) is 3.19. The molecule has 0 aromatic heterocycles. The number of carbonyl (C=O) groups is 3. The number of hydrogen-bond acceptors (Lipinski definition) is 6. The van der Waals surface area contributed by atoms with Crippen molar-refractivity contribution in [3.63, 3.8) is 0 Å². The number of nitriles is 2. The monoisotopic (exact) mass is 461 g/mol. The van der Waals surface area contributed by atoms with Gasteiger partial charge >= 0.3 is 0 Å². The lowest BCUT2D eigenvalue weighted by Gasteiger charge is -2.28. The van der Waals surface area contributed by atoms with Crippen LogP contribution in [0, 0.1) is 41.9 Å². The predicted octanol–water partition coefficient (Wildman–Crippen LogP) is 4.62. The highest BCUT2D eigenvalue weighted by molar-refractivity contribution is 6.34. The van der Waals surface area contributed by atoms with Gasteiger partial charge in [-0.05, 0) is 33.3 Å². The minimum atomic E-state index is -2.07. The first-order chi connectivity index (χ1) is 16.6. The molecular formula is C29H23N3O3. The van der Waals surface area contributed by atoms with E-state index >= 15 is 0 Å². The number of carbonyl (C=O) groups excluding carboxylic acids is 3. The quantitative estimate of drug-likeness (QED) is 0.286. The van der Waals surface area contributed by atoms with Gasteiger partial charge in [-0.15, -0.1) is 0 Å². The fourth-order valence-corrected chi connectivity index (χ4v) is 4.88. The van der Waals surface area contributed by atoms with Crippen molar-refractivity contribution in [1.82, 2.24) is 4.90 Å². The van der Waals surface area contributed by atoms with Gasteiger partial charge in [0.2, 0.25) is 5.78 Å². The van der Waals surface area contributed by atoms with Gasteiger partial charge in [-0.2, -0.15) is 10.5 Å². The predicted molar refractivity (Wildman–Crippen MR) is 130 cm³/mol. The van der Waals surface area contributed by atoms with Crippen molar-refractivity contribution < 1.29 is 14.4 Å². The number of rotatable bonds is 3. The summed E-state index contributed by atoms with van der Waals surface area (Å²) in [5.41, 5.74) is 1.02. The van der Waals surface area contributed by atoms with Crippen LogP contribution in [0.1, 0.15) is 40.9 Å². The maximum absolute atomic E-state index is 13.8. The summed E-state index contributed by atoms with van der Waals surface area (Å²) in [7, 11) is 1.58. The van der Waals surface area contributed by atoms with Gasteiger partial charge in [0.05, 0.1) is 23.0 Å². The molecule has 0 saturated heterocycles. The van der Waals surface area contributed by atoms with E-state index in [0.717, 1.165) is 11.1 Å². The Kier molecular flexibility index (Phi) is 5.63. The Balaban J connectivity index is 2.10. The van der Waals surface area contributed by atoms with Crippen LogP contribution < -0.4 is 0 Å². The van der Waals surface area contributed by atoms with Gasteiger partial charge in [-0.3, -0.25) is 14.4 Å². The van der Waals surface area contributed by atoms with Crippen LogP contribution in [0.5, 0.6) is 0 Å². The van der Waals surface area contributed by atoms with E-state index in [1.165, 1.54) is 18.7 Å². The second-order valence-electron chi connectivity index (χ2n) is 8.95. The molecular weight excluding hydrogens is 438 g/mol. The molecule has 4 rings (SSSR count). The number of aryl methyl sites for hydroxylation is 2. The first kappa shape index (κ1) is 23.6. The van der Waals surface area contributed by atoms with Crippen molar-refractivity contribution in [1.29, 1.82) is 10.5 Å². The van der Waals surface area contributed by atoms with Gasteiger partial charge in [0, 0.05) is 23.8 Å². The van der Waals surface area contributed by atoms with Crippen LogP contribution in [0.15, 0.2) is 76.5 Å². The smallest absolute Gasteiger partial charge is 0.205 e. The van der Waals surface area contributed by atoms with Crippen LogP contribution in [-0.2, 0) is 9.59 Å². The summed E-state index contributed by atoms with van der Waals surface area (Å²) < 4.78 is 0. The second kappa shape index (κ2) is 8.34. The highest BCUT2D eigenvalue weighted by Gasteiger charge is 2.64. The lowest BCUT2D eigenvalue weighted by atomic mass is 9.72. The zero-order chi connectivity index (χ0) is 25.7. The van der Waals surface area contributed by atoms with Crippen molar-refractivity contribution in [2.45, 2.75) is 27.7 Å². The molecule has 2 aliphatic rings. The minimum Gasteiger partial charge on any atom is -0.344 e. The van der Waals surface area contributed by atoms with Crippen molar-refractivity contribution in [3.8, 4) is 12.1 Å². The van der Waals surface area contributed by atoms with E-state index in [2.05, 4.69) is 6.07 Å². The summed E-state index contributed by atoms with van der Waals surface area (Å²) in [6.07, 6.45) is 0. The fourth-order valence-electron chi connectivity index (χ4n) is 4.88. The molecule has 6 nitrogen and oxygen atoms in total. The molecule has 2 aromatic rings. The van der Waals surface area contributed by atoms with Crippen LogP contribution in [0.4, 0.5) is 0 Å². The average Bonchev–Trinajstić information content (AvgIpc) is 3.20. The number of allylic oxidation sites excluding steroid dienone is 4. The first-order valence-corrected chi connectivity index (χ1v) is 11.1. The summed E-state index contributed by atoms with van der Waals surface area (Å²) in [5.74, 6) is -1.77. The van der Waals surface area contributed by atoms with Crippen LogP contribution >= 0.6 is 0 Å². The Labute approximate surface area is 204 Å². The Morgan fingerprint density at radius 2 is 1.31 bits per heavy atom. The zero-order valence-electron chi connectivity index (χ0n) is 20.2. The molecule has 0 unspecified atom stereocenters. The Hall–Kier alpha value is -4.55. The molecule has 1 heterocycles. The van der Waals surface area contributed by atoms with E-state index in [4.69, 9.17) is 0 Å². The van der Waals surface area contributed by atoms with Gasteiger partial charge in [-0.25, -0.2) is 0 Å². The number of Topliss-reactive ketones (excluding diaryl/α,β-unsaturated/α-hetero) is 3. The van der Waals surface area contributed by atoms with Crippen molar-refractivity contribution >= 4 is 23.0 Å². The number of ketones is 3. The van der Waals surface area contributed by atoms with Gasteiger partial charge in [0.15, 0.2) is 17.0 Å². The lowest BCUT2D eigenvalue weighted by molar-refractivity contribution is -0.129. The van der Waals surface area contributed by atoms with Gasteiger partial charge in [0.25, 0.3) is 0 Å². The second-order valence-corrected chi connectivity index (χ2v) is 8.95. The van der Waals surface area contributed by atoms with E-state index in [0.29, 0.717) is 11.3 Å². The highest BCUT2D eigenvalue weighted by atomic mass is 16.2. The molecule has 0 bridgehead atoms. The maximum atomic E-state index is 13.8. The fraction of sp³-hybridized carbons (Fsp3) is 0.207. The van der Waals surface area contributed by atoms with E-state index < -0.39 is 22.8 Å². The average molecular weight is 462 g/mol. The number of nitrogens with zero attached hydrogens (tertiary/aromatic N) is 3. The Morgan fingerprint density at radius 1 is 0.829 bits per heavy atom. The molecule has 0 radical (unpaired) electrons. The Bertz CT molecular complexity index is 1460. The molecule has 0 atom stereocenters. The van der Waals surface area contributed by atoms with E-state index in [9.17, 15) is 24.9 Å². The number of benzene rings is 2. The molecule has 0 N–H and O–H groups in total. The van der Waals surface area contributed by atoms with Crippen LogP contribution in [0.2, 0.25) is 0 Å². The molecule has 172 valence electrons. The zero-order valence-corrected chi connectivity index (χ0v) is 20.2. The van der Waals surface area contributed by atoms with Gasteiger partial charge < -0.3 is 4.90 Å². The van der Waals surface area contributed by atoms with Crippen molar-refractivity contribution in [3.05, 3.63) is 98.8 Å². The minimum absolute atomic E-state index is 0.0658. The van der Waals surface area contributed by atoms with E-state index in [1.54, 1.807) is 43.4 Å². The third-order valence-corrected chi connectivity index (χ3v) is 6.89. The highest BCUT2D eigenvalue weighted by Crippen LogP contribution is 2.56. The lowest BCUT2D eigenvalue weighted by Crippen LogP contribution is -2.40. The topological polar surface area (TPSA) is 102 Å². The molecule has 0 fully saturated rings. The normalized spacial score (nSPS) is 18.3. The Morgan fingerprint density at radius 3 is 1.77 bits per heavy atom. The van der Waals surface area contributed by atoms with Crippen LogP contribution in [-0.4, -0.2) is 29.3 Å². The van der Waals surface area contributed by atoms with Gasteiger partial charge in [0.1, 0.15) is 11.6 Å². The maximum Gasteiger partial charge on any atom is 0.205 e.